The molecule has 0 spiro atoms. The summed E-state index contributed by atoms with van der Waals surface area (Å²) in [6.07, 6.45) is -2.90. The average molecular weight is 783 g/mol. The molecule has 12 nitrogen and oxygen atoms in total. The summed E-state index contributed by atoms with van der Waals surface area (Å²) >= 11 is 6.76. The maximum atomic E-state index is 15.1. The van der Waals surface area contributed by atoms with Gasteiger partial charge in [0.2, 0.25) is 0 Å². The van der Waals surface area contributed by atoms with Crippen molar-refractivity contribution >= 4 is 29.0 Å². The maximum Gasteiger partial charge on any atom is 0.416 e. The molecule has 0 saturated carbocycles. The monoisotopic (exact) mass is 782 g/mol. The number of carbonyl (C=O) groups excluding carboxylic acids is 1. The highest BCUT2D eigenvalue weighted by molar-refractivity contribution is 6.34. The Morgan fingerprint density at radius 3 is 2.56 bits per heavy atom. The Morgan fingerprint density at radius 2 is 1.87 bits per heavy atom. The second kappa shape index (κ2) is 14.7. The number of benzene rings is 1. The minimum Gasteiger partial charge on any atom is -0.467 e. The number of methoxy groups -OCH3 is 1. The zero-order chi connectivity index (χ0) is 38.7. The van der Waals surface area contributed by atoms with Crippen molar-refractivity contribution in [1.82, 2.24) is 29.5 Å². The number of halogens is 6. The highest BCUT2D eigenvalue weighted by Gasteiger charge is 2.43. The van der Waals surface area contributed by atoms with Gasteiger partial charge in [0.05, 0.1) is 59.6 Å². The van der Waals surface area contributed by atoms with Crippen LogP contribution in [0, 0.1) is 11.7 Å². The molecule has 0 aliphatic carbocycles. The van der Waals surface area contributed by atoms with Crippen LogP contribution in [0.15, 0.2) is 12.1 Å². The molecule has 2 aromatic heterocycles. The van der Waals surface area contributed by atoms with Gasteiger partial charge >= 0.3 is 12.2 Å². The topological polar surface area (TPSA) is 135 Å². The number of likely N-dealkylation sites (tertiary alicyclic amines) is 1. The zero-order valence-corrected chi connectivity index (χ0v) is 31.1. The van der Waals surface area contributed by atoms with E-state index in [1.165, 1.54) is 20.0 Å². The van der Waals surface area contributed by atoms with Gasteiger partial charge in [-0.25, -0.2) is 8.78 Å². The first kappa shape index (κ1) is 38.5. The first-order valence-electron chi connectivity index (χ1n) is 18.1. The maximum absolute atomic E-state index is 15.1. The molecule has 1 aromatic carbocycles. The van der Waals surface area contributed by atoms with Crippen molar-refractivity contribution < 1.29 is 41.3 Å². The van der Waals surface area contributed by atoms with E-state index in [0.717, 1.165) is 25.1 Å². The van der Waals surface area contributed by atoms with Crippen LogP contribution in [-0.4, -0.2) is 98.2 Å². The van der Waals surface area contributed by atoms with E-state index in [-0.39, 0.29) is 48.1 Å². The lowest BCUT2D eigenvalue weighted by Gasteiger charge is -2.44. The first-order valence-corrected chi connectivity index (χ1v) is 18.5. The lowest BCUT2D eigenvalue weighted by Crippen LogP contribution is -2.57. The van der Waals surface area contributed by atoms with Crippen LogP contribution >= 0.6 is 11.6 Å². The minimum atomic E-state index is -4.83. The summed E-state index contributed by atoms with van der Waals surface area (Å²) in [5, 5.41) is 15.0. The van der Waals surface area contributed by atoms with Crippen molar-refractivity contribution in [2.24, 2.45) is 5.92 Å². The molecular weight excluding hydrogens is 739 g/mol. The Morgan fingerprint density at radius 1 is 1.11 bits per heavy atom. The number of alkyl halides is 4. The third-order valence-corrected chi connectivity index (χ3v) is 11.5. The fourth-order valence-corrected chi connectivity index (χ4v) is 8.28. The Balaban J connectivity index is 0.000000433. The van der Waals surface area contributed by atoms with Gasteiger partial charge in [0.25, 0.3) is 5.91 Å². The van der Waals surface area contributed by atoms with E-state index in [1.807, 2.05) is 4.90 Å². The normalized spacial score (nSPS) is 23.2. The number of anilines is 2. The van der Waals surface area contributed by atoms with Crippen LogP contribution in [0.5, 0.6) is 6.01 Å². The number of nitrogens with zero attached hydrogens (tertiary/aromatic N) is 7. The number of aliphatic hydroxyl groups is 1. The SMILES string of the molecule is COc1nc2c(c(N3CCCn4nc(C(=O)N5CC(C(C)(C)O)C5)c(Cl)c4C3)n1)COC(c1c(C(F)(F)F)ccc(N)c1F)C2.FC1CC2CCCN2C1. The number of rotatable bonds is 5. The van der Waals surface area contributed by atoms with Crippen LogP contribution in [-0.2, 0) is 37.0 Å². The highest BCUT2D eigenvalue weighted by Crippen LogP contribution is 2.43. The van der Waals surface area contributed by atoms with Gasteiger partial charge in [0.15, 0.2) is 11.5 Å². The standard InChI is InChI=1S/C29H32ClF4N7O4.C7H12FN/c1-28(2,43)14-10-40(11-14)26(42)24-22(30)19-12-39(7-4-8-41(19)38-24)25-15-13-45-20(9-18(15)36-27(37-25)44-3)21-16(29(32,33)34)5-6-17(35)23(21)31;8-6-4-7-2-1-3-9(7)5-6/h5-6,14,20,43H,4,7-13,35H2,1-3H3;6-7H,1-5H2. The molecule has 0 radical (unpaired) electrons. The molecule has 5 aliphatic rings. The molecule has 3 aromatic rings. The van der Waals surface area contributed by atoms with Crippen molar-refractivity contribution in [2.45, 2.75) is 95.7 Å². The summed E-state index contributed by atoms with van der Waals surface area (Å²) in [6.45, 7) is 7.05. The molecule has 7 heterocycles. The summed E-state index contributed by atoms with van der Waals surface area (Å²) in [6, 6.07) is 2.22. The fourth-order valence-electron chi connectivity index (χ4n) is 8.01. The molecule has 3 saturated heterocycles. The van der Waals surface area contributed by atoms with E-state index in [0.29, 0.717) is 68.0 Å². The molecule has 8 rings (SSSR count). The number of ether oxygens (including phenoxy) is 2. The number of carbonyl (C=O) groups is 1. The molecule has 294 valence electrons. The van der Waals surface area contributed by atoms with Crippen molar-refractivity contribution in [2.75, 3.05) is 50.5 Å². The molecule has 3 unspecified atom stereocenters. The van der Waals surface area contributed by atoms with E-state index in [4.69, 9.17) is 26.8 Å². The summed E-state index contributed by atoms with van der Waals surface area (Å²) in [5.41, 5.74) is 4.05. The Labute approximate surface area is 314 Å². The fraction of sp³-hybridized carbons (Fsp3) is 0.611. The van der Waals surface area contributed by atoms with Gasteiger partial charge in [-0.1, -0.05) is 11.6 Å². The van der Waals surface area contributed by atoms with Gasteiger partial charge in [0, 0.05) is 62.2 Å². The van der Waals surface area contributed by atoms with Crippen molar-refractivity contribution in [1.29, 1.82) is 0 Å². The van der Waals surface area contributed by atoms with Gasteiger partial charge in [-0.05, 0) is 58.2 Å². The van der Waals surface area contributed by atoms with Gasteiger partial charge in [-0.2, -0.15) is 28.2 Å². The third-order valence-electron chi connectivity index (χ3n) is 11.1. The molecule has 1 amide bonds. The Kier molecular flexibility index (Phi) is 10.5. The summed E-state index contributed by atoms with van der Waals surface area (Å²) < 4.78 is 82.1. The highest BCUT2D eigenvalue weighted by atomic mass is 35.5. The average Bonchev–Trinajstić information content (AvgIpc) is 3.70. The summed E-state index contributed by atoms with van der Waals surface area (Å²) in [4.78, 5) is 28.0. The number of amides is 1. The second-order valence-corrected chi connectivity index (χ2v) is 15.6. The van der Waals surface area contributed by atoms with Gasteiger partial charge in [0.1, 0.15) is 12.0 Å². The first-order chi connectivity index (χ1) is 25.5. The number of nitrogen functional groups attached to an aromatic ring is 1. The van der Waals surface area contributed by atoms with Gasteiger partial charge in [-0.15, -0.1) is 0 Å². The number of aromatic nitrogens is 4. The van der Waals surface area contributed by atoms with Gasteiger partial charge in [-0.3, -0.25) is 14.4 Å². The molecule has 3 atom stereocenters. The van der Waals surface area contributed by atoms with Gasteiger partial charge < -0.3 is 30.1 Å². The second-order valence-electron chi connectivity index (χ2n) is 15.2. The van der Waals surface area contributed by atoms with Crippen LogP contribution < -0.4 is 15.4 Å². The van der Waals surface area contributed by atoms with Crippen LogP contribution in [0.2, 0.25) is 5.02 Å². The zero-order valence-electron chi connectivity index (χ0n) is 30.3. The van der Waals surface area contributed by atoms with Crippen molar-refractivity contribution in [3.8, 4) is 6.01 Å². The predicted molar refractivity (Wildman–Crippen MR) is 188 cm³/mol. The van der Waals surface area contributed by atoms with Crippen LogP contribution in [0.1, 0.15) is 84.2 Å². The molecule has 5 aliphatic heterocycles. The smallest absolute Gasteiger partial charge is 0.416 e. The molecule has 3 fully saturated rings. The summed E-state index contributed by atoms with van der Waals surface area (Å²) in [7, 11) is 1.37. The van der Waals surface area contributed by atoms with E-state index in [1.54, 1.807) is 23.4 Å². The van der Waals surface area contributed by atoms with E-state index >= 15 is 4.39 Å². The third kappa shape index (κ3) is 7.43. The molecule has 18 heteroatoms. The number of hydrogen-bond donors (Lipinski definition) is 2. The Hall–Kier alpha value is -3.80. The molecule has 3 N–H and O–H groups in total. The quantitative estimate of drug-likeness (QED) is 0.258. The van der Waals surface area contributed by atoms with E-state index < -0.39 is 46.7 Å². The summed E-state index contributed by atoms with van der Waals surface area (Å²) in [5.74, 6) is -1.13. The van der Waals surface area contributed by atoms with Crippen LogP contribution in [0.4, 0.5) is 33.5 Å². The van der Waals surface area contributed by atoms with Crippen LogP contribution in [0.25, 0.3) is 0 Å². The van der Waals surface area contributed by atoms with Crippen LogP contribution in [0.3, 0.4) is 0 Å². The minimum absolute atomic E-state index is 0.0210. The number of aryl methyl sites for hydroxylation is 1. The predicted octanol–water partition coefficient (Wildman–Crippen LogP) is 5.34. The van der Waals surface area contributed by atoms with E-state index in [9.17, 15) is 27.5 Å². The Bertz CT molecular complexity index is 1890. The number of nitrogens with two attached hydrogens (primary N) is 1. The molecule has 54 heavy (non-hydrogen) atoms. The number of hydrogen-bond acceptors (Lipinski definition) is 10. The lowest BCUT2D eigenvalue weighted by molar-refractivity contribution is -0.140. The number of fused-ring (bicyclic) bond motifs is 3. The van der Waals surface area contributed by atoms with Crippen molar-refractivity contribution in [3.63, 3.8) is 0 Å². The lowest BCUT2D eigenvalue weighted by atomic mass is 9.84. The molecular formula is C36H44ClF5N8O4. The van der Waals surface area contributed by atoms with E-state index in [2.05, 4.69) is 20.0 Å². The molecule has 0 bridgehead atoms. The largest absolute Gasteiger partial charge is 0.467 e. The van der Waals surface area contributed by atoms with Crippen molar-refractivity contribution in [3.05, 3.63) is 56.7 Å².